The molecule has 0 fully saturated rings. The topological polar surface area (TPSA) is 57.3 Å². The van der Waals surface area contributed by atoms with Gasteiger partial charge in [0.05, 0.1) is 0 Å². The molecule has 0 saturated carbocycles. The molecule has 2 aromatic rings. The maximum Gasteiger partial charge on any atom is 0.115 e. The monoisotopic (exact) mass is 258 g/mol. The van der Waals surface area contributed by atoms with E-state index in [2.05, 4.69) is 47.2 Å². The Kier molecular flexibility index (Phi) is 6.75. The van der Waals surface area contributed by atoms with Crippen LogP contribution < -0.4 is 0 Å². The van der Waals surface area contributed by atoms with Gasteiger partial charge in [-0.05, 0) is 17.5 Å². The lowest BCUT2D eigenvalue weighted by atomic mass is 9.88. The number of nitrogens with zero attached hydrogens (tertiary/aromatic N) is 2. The number of aromatic nitrogens is 2. The Bertz CT molecular complexity index is 405. The van der Waals surface area contributed by atoms with Crippen LogP contribution in [0.2, 0.25) is 0 Å². The Hall–Kier alpha value is -1.74. The van der Waals surface area contributed by atoms with Crippen LogP contribution in [0.15, 0.2) is 49.1 Å². The van der Waals surface area contributed by atoms with E-state index in [9.17, 15) is 0 Å². The highest BCUT2D eigenvalue weighted by atomic mass is 16.0. The molecule has 1 heterocycles. The molecule has 0 amide bonds. The molecule has 0 aliphatic rings. The van der Waals surface area contributed by atoms with Crippen LogP contribution in [-0.4, -0.2) is 15.4 Å². The highest BCUT2D eigenvalue weighted by Gasteiger charge is 2.13. The van der Waals surface area contributed by atoms with Gasteiger partial charge in [-0.2, -0.15) is 0 Å². The lowest BCUT2D eigenvalue weighted by Crippen LogP contribution is -2.02. The average Bonchev–Trinajstić information content (AvgIpc) is 2.46. The summed E-state index contributed by atoms with van der Waals surface area (Å²) < 4.78 is 0. The van der Waals surface area contributed by atoms with Gasteiger partial charge in [-0.25, -0.2) is 9.97 Å². The number of hydrogen-bond donors (Lipinski definition) is 0. The Morgan fingerprint density at radius 1 is 0.947 bits per heavy atom. The molecule has 0 saturated heterocycles. The van der Waals surface area contributed by atoms with Crippen LogP contribution >= 0.6 is 0 Å². The van der Waals surface area contributed by atoms with Crippen molar-refractivity contribution in [3.05, 3.63) is 60.2 Å². The molecule has 0 bridgehead atoms. The summed E-state index contributed by atoms with van der Waals surface area (Å²) >= 11 is 0. The quantitative estimate of drug-likeness (QED) is 0.746. The number of hydrogen-bond acceptors (Lipinski definition) is 2. The second-order valence-corrected chi connectivity index (χ2v) is 4.63. The fourth-order valence-electron chi connectivity index (χ4n) is 2.30. The Morgan fingerprint density at radius 3 is 2.26 bits per heavy atom. The van der Waals surface area contributed by atoms with Crippen LogP contribution in [0.5, 0.6) is 0 Å². The lowest BCUT2D eigenvalue weighted by Gasteiger charge is -2.17. The van der Waals surface area contributed by atoms with Crippen molar-refractivity contribution >= 4 is 0 Å². The van der Waals surface area contributed by atoms with Crippen LogP contribution in [0, 0.1) is 0 Å². The van der Waals surface area contributed by atoms with Crippen LogP contribution in [0.25, 0.3) is 0 Å². The molecule has 1 aromatic carbocycles. The molecule has 0 spiro atoms. The first-order chi connectivity index (χ1) is 8.92. The van der Waals surface area contributed by atoms with Gasteiger partial charge in [0.15, 0.2) is 0 Å². The normalized spacial score (nSPS) is 11.6. The fraction of sp³-hybridized carbons (Fsp3) is 0.375. The predicted octanol–water partition coefficient (Wildman–Crippen LogP) is 3.36. The van der Waals surface area contributed by atoms with Crippen LogP contribution in [-0.2, 0) is 0 Å². The minimum atomic E-state index is 0. The zero-order valence-electron chi connectivity index (χ0n) is 11.4. The van der Waals surface area contributed by atoms with Crippen molar-refractivity contribution in [2.45, 2.75) is 38.5 Å². The Labute approximate surface area is 115 Å². The van der Waals surface area contributed by atoms with Crippen molar-refractivity contribution in [3.63, 3.8) is 0 Å². The van der Waals surface area contributed by atoms with Crippen molar-refractivity contribution in [1.82, 2.24) is 9.97 Å². The van der Waals surface area contributed by atoms with Gasteiger partial charge >= 0.3 is 0 Å². The molecule has 1 aromatic heterocycles. The summed E-state index contributed by atoms with van der Waals surface area (Å²) in [7, 11) is 0. The first-order valence-electron chi connectivity index (χ1n) is 6.71. The number of benzene rings is 1. The first kappa shape index (κ1) is 15.3. The van der Waals surface area contributed by atoms with E-state index in [-0.39, 0.29) is 5.48 Å². The van der Waals surface area contributed by atoms with Gasteiger partial charge in [-0.1, -0.05) is 56.5 Å². The fourth-order valence-corrected chi connectivity index (χ4v) is 2.30. The van der Waals surface area contributed by atoms with Gasteiger partial charge in [0.25, 0.3) is 0 Å². The zero-order valence-corrected chi connectivity index (χ0v) is 11.4. The van der Waals surface area contributed by atoms with Gasteiger partial charge in [0.1, 0.15) is 6.33 Å². The van der Waals surface area contributed by atoms with Gasteiger partial charge in [0.2, 0.25) is 0 Å². The molecule has 2 N–H and O–H groups in total. The third kappa shape index (κ3) is 4.45. The molecule has 0 aliphatic carbocycles. The van der Waals surface area contributed by atoms with Crippen LogP contribution in [0.3, 0.4) is 0 Å². The van der Waals surface area contributed by atoms with Gasteiger partial charge in [-0.3, -0.25) is 0 Å². The Balaban J connectivity index is 0.00000180. The third-order valence-corrected chi connectivity index (χ3v) is 3.28. The van der Waals surface area contributed by atoms with E-state index in [0.29, 0.717) is 5.92 Å². The van der Waals surface area contributed by atoms with E-state index in [1.165, 1.54) is 36.8 Å². The Morgan fingerprint density at radius 2 is 1.63 bits per heavy atom. The molecule has 0 aliphatic heterocycles. The average molecular weight is 258 g/mol. The SMILES string of the molecule is CCCCCC(c1ccccc1)c1cncnc1.O. The molecular formula is C16H22N2O. The molecule has 1 unspecified atom stereocenters. The predicted molar refractivity (Wildman–Crippen MR) is 78.1 cm³/mol. The number of rotatable bonds is 6. The molecule has 2 rings (SSSR count). The molecule has 102 valence electrons. The standard InChI is InChI=1S/C16H20N2.H2O/c1-2-3-5-10-16(14-8-6-4-7-9-14)15-11-17-13-18-12-15;/h4,6-9,11-13,16H,2-3,5,10H2,1H3;1H2. The first-order valence-corrected chi connectivity index (χ1v) is 6.71. The van der Waals surface area contributed by atoms with E-state index < -0.39 is 0 Å². The van der Waals surface area contributed by atoms with E-state index in [0.717, 1.165) is 0 Å². The molecule has 3 heteroatoms. The highest BCUT2D eigenvalue weighted by molar-refractivity contribution is 5.29. The second-order valence-electron chi connectivity index (χ2n) is 4.63. The van der Waals surface area contributed by atoms with Crippen LogP contribution in [0.4, 0.5) is 0 Å². The molecule has 1 atom stereocenters. The smallest absolute Gasteiger partial charge is 0.115 e. The van der Waals surface area contributed by atoms with E-state index in [1.54, 1.807) is 6.33 Å². The summed E-state index contributed by atoms with van der Waals surface area (Å²) in [6, 6.07) is 10.7. The lowest BCUT2D eigenvalue weighted by molar-refractivity contribution is 0.616. The molecule has 3 nitrogen and oxygen atoms in total. The van der Waals surface area contributed by atoms with Gasteiger partial charge in [-0.15, -0.1) is 0 Å². The third-order valence-electron chi connectivity index (χ3n) is 3.28. The summed E-state index contributed by atoms with van der Waals surface area (Å²) in [5.74, 6) is 0.430. The summed E-state index contributed by atoms with van der Waals surface area (Å²) in [5, 5.41) is 0. The maximum absolute atomic E-state index is 4.15. The number of unbranched alkanes of at least 4 members (excludes halogenated alkanes) is 2. The van der Waals surface area contributed by atoms with Crippen LogP contribution in [0.1, 0.15) is 49.7 Å². The van der Waals surface area contributed by atoms with E-state index in [4.69, 9.17) is 0 Å². The highest BCUT2D eigenvalue weighted by Crippen LogP contribution is 2.28. The van der Waals surface area contributed by atoms with E-state index >= 15 is 0 Å². The van der Waals surface area contributed by atoms with Gasteiger partial charge < -0.3 is 5.48 Å². The summed E-state index contributed by atoms with van der Waals surface area (Å²) in [4.78, 5) is 8.30. The summed E-state index contributed by atoms with van der Waals surface area (Å²) in [5.41, 5.74) is 2.59. The van der Waals surface area contributed by atoms with Crippen molar-refractivity contribution < 1.29 is 5.48 Å². The largest absolute Gasteiger partial charge is 0.412 e. The minimum Gasteiger partial charge on any atom is -0.412 e. The van der Waals surface area contributed by atoms with Crippen molar-refractivity contribution in [3.8, 4) is 0 Å². The zero-order chi connectivity index (χ0) is 12.6. The summed E-state index contributed by atoms with van der Waals surface area (Å²) in [6.07, 6.45) is 10.4. The molecule has 19 heavy (non-hydrogen) atoms. The maximum atomic E-state index is 4.15. The molecule has 0 radical (unpaired) electrons. The van der Waals surface area contributed by atoms with Crippen molar-refractivity contribution in [2.24, 2.45) is 0 Å². The minimum absolute atomic E-state index is 0. The van der Waals surface area contributed by atoms with E-state index in [1.807, 2.05) is 12.4 Å². The van der Waals surface area contributed by atoms with Crippen molar-refractivity contribution in [2.75, 3.05) is 0 Å². The second kappa shape index (κ2) is 8.38. The summed E-state index contributed by atoms with van der Waals surface area (Å²) in [6.45, 7) is 2.24. The molecular weight excluding hydrogens is 236 g/mol. The van der Waals surface area contributed by atoms with Gasteiger partial charge in [0, 0.05) is 18.3 Å². The van der Waals surface area contributed by atoms with Crippen molar-refractivity contribution in [1.29, 1.82) is 0 Å².